The van der Waals surface area contributed by atoms with Gasteiger partial charge in [0.2, 0.25) is 15.9 Å². The Bertz CT molecular complexity index is 865. The minimum Gasteiger partial charge on any atom is -0.342 e. The van der Waals surface area contributed by atoms with E-state index in [0.717, 1.165) is 11.7 Å². The normalized spacial score (nSPS) is 19.2. The second-order valence-corrected chi connectivity index (χ2v) is 9.23. The van der Waals surface area contributed by atoms with Crippen molar-refractivity contribution in [1.82, 2.24) is 18.0 Å². The molecular weight excluding hydrogens is 368 g/mol. The van der Waals surface area contributed by atoms with E-state index in [1.807, 2.05) is 13.8 Å². The van der Waals surface area contributed by atoms with Crippen molar-refractivity contribution < 1.29 is 13.2 Å². The monoisotopic (exact) mass is 386 g/mol. The van der Waals surface area contributed by atoms with Crippen LogP contribution in [0.2, 0.25) is 0 Å². The van der Waals surface area contributed by atoms with Gasteiger partial charge in [0.05, 0.1) is 17.6 Å². The van der Waals surface area contributed by atoms with E-state index in [9.17, 15) is 13.2 Å². The maximum Gasteiger partial charge on any atom is 0.246 e. The maximum absolute atomic E-state index is 13.1. The predicted molar refractivity (Wildman–Crippen MR) is 95.5 cm³/mol. The summed E-state index contributed by atoms with van der Waals surface area (Å²) in [5.74, 6) is 0.543. The molecule has 0 saturated carbocycles. The lowest BCUT2D eigenvalue weighted by molar-refractivity contribution is -0.134. The van der Waals surface area contributed by atoms with Crippen LogP contribution in [0, 0.1) is 0 Å². The van der Waals surface area contributed by atoms with Gasteiger partial charge in [-0.15, -0.1) is 11.8 Å². The molecule has 2 heterocycles. The average Bonchev–Trinajstić information content (AvgIpc) is 3.21. The number of hydrogen-bond acceptors (Lipinski definition) is 7. The van der Waals surface area contributed by atoms with Crippen LogP contribution in [0.1, 0.15) is 13.8 Å². The third-order valence-electron chi connectivity index (χ3n) is 4.08. The highest BCUT2D eigenvalue weighted by Crippen LogP contribution is 2.32. The topological polar surface area (TPSA) is 83.5 Å². The van der Waals surface area contributed by atoms with Gasteiger partial charge in [-0.1, -0.05) is 6.07 Å². The van der Waals surface area contributed by atoms with E-state index in [1.165, 1.54) is 22.1 Å². The molecule has 0 aliphatic carbocycles. The van der Waals surface area contributed by atoms with Gasteiger partial charge in [0, 0.05) is 18.8 Å². The molecule has 1 saturated heterocycles. The molecule has 1 aromatic carbocycles. The Morgan fingerprint density at radius 2 is 2.12 bits per heavy atom. The zero-order valence-electron chi connectivity index (χ0n) is 13.5. The van der Waals surface area contributed by atoms with Crippen LogP contribution in [0.3, 0.4) is 0 Å². The fraction of sp³-hybridized carbons (Fsp3) is 0.500. The highest BCUT2D eigenvalue weighted by molar-refractivity contribution is 8.00. The Labute approximate surface area is 149 Å². The van der Waals surface area contributed by atoms with Crippen molar-refractivity contribution in [3.63, 3.8) is 0 Å². The second-order valence-electron chi connectivity index (χ2n) is 5.84. The number of likely N-dealkylation sites (N-methyl/N-ethyl adjacent to an activating group) is 1. The summed E-state index contributed by atoms with van der Waals surface area (Å²) in [7, 11) is -2.12. The molecule has 0 spiro atoms. The summed E-state index contributed by atoms with van der Waals surface area (Å²) in [6.07, 6.45) is 0. The van der Waals surface area contributed by atoms with Crippen molar-refractivity contribution in [2.45, 2.75) is 30.8 Å². The zero-order chi connectivity index (χ0) is 17.5. The van der Waals surface area contributed by atoms with Gasteiger partial charge in [-0.2, -0.15) is 13.1 Å². The summed E-state index contributed by atoms with van der Waals surface area (Å²) in [5.41, 5.74) is 0.915. The molecule has 1 amide bonds. The van der Waals surface area contributed by atoms with Crippen LogP contribution in [0.15, 0.2) is 23.1 Å². The minimum absolute atomic E-state index is 0.0128. The van der Waals surface area contributed by atoms with Crippen molar-refractivity contribution in [2.24, 2.45) is 0 Å². The maximum atomic E-state index is 13.1. The molecule has 1 aliphatic heterocycles. The van der Waals surface area contributed by atoms with Crippen molar-refractivity contribution in [1.29, 1.82) is 0 Å². The number of carbonyl (C=O) groups is 1. The van der Waals surface area contributed by atoms with Crippen molar-refractivity contribution >= 4 is 50.5 Å². The number of sulfonamides is 1. The molecule has 2 aromatic rings. The Kier molecular flexibility index (Phi) is 4.82. The van der Waals surface area contributed by atoms with E-state index in [2.05, 4.69) is 8.75 Å². The van der Waals surface area contributed by atoms with E-state index in [1.54, 1.807) is 24.1 Å². The molecular formula is C14H18N4O3S3. The van der Waals surface area contributed by atoms with Crippen LogP contribution in [0.25, 0.3) is 11.0 Å². The van der Waals surface area contributed by atoms with Crippen molar-refractivity contribution in [3.8, 4) is 0 Å². The van der Waals surface area contributed by atoms with Crippen LogP contribution in [0.4, 0.5) is 0 Å². The van der Waals surface area contributed by atoms with Gasteiger partial charge in [-0.05, 0) is 26.0 Å². The first-order chi connectivity index (χ1) is 11.3. The predicted octanol–water partition coefficient (Wildman–Crippen LogP) is 1.62. The first kappa shape index (κ1) is 17.6. The fourth-order valence-corrected chi connectivity index (χ4v) is 6.35. The molecule has 1 atom stereocenters. The number of carbonyl (C=O) groups excluding carboxylic acids is 1. The number of hydrogen-bond donors (Lipinski definition) is 0. The zero-order valence-corrected chi connectivity index (χ0v) is 16.0. The summed E-state index contributed by atoms with van der Waals surface area (Å²) in [6.45, 7) is 3.81. The van der Waals surface area contributed by atoms with Crippen LogP contribution in [-0.2, 0) is 14.8 Å². The molecule has 24 heavy (non-hydrogen) atoms. The number of amides is 1. The van der Waals surface area contributed by atoms with E-state index < -0.39 is 16.1 Å². The molecule has 0 N–H and O–H groups in total. The third-order valence-corrected chi connectivity index (χ3v) is 7.69. The highest BCUT2D eigenvalue weighted by Gasteiger charge is 2.42. The molecule has 1 fully saturated rings. The molecule has 130 valence electrons. The number of benzene rings is 1. The lowest BCUT2D eigenvalue weighted by Crippen LogP contribution is -2.49. The summed E-state index contributed by atoms with van der Waals surface area (Å²) in [4.78, 5) is 14.4. The minimum atomic E-state index is -3.82. The van der Waals surface area contributed by atoms with Gasteiger partial charge >= 0.3 is 0 Å². The Morgan fingerprint density at radius 1 is 1.38 bits per heavy atom. The van der Waals surface area contributed by atoms with E-state index in [-0.39, 0.29) is 22.7 Å². The molecule has 7 nitrogen and oxygen atoms in total. The summed E-state index contributed by atoms with van der Waals surface area (Å²) in [6, 6.07) is 4.23. The van der Waals surface area contributed by atoms with Crippen molar-refractivity contribution in [3.05, 3.63) is 18.2 Å². The lowest BCUT2D eigenvalue weighted by Gasteiger charge is -2.29. The molecule has 3 rings (SSSR count). The van der Waals surface area contributed by atoms with Crippen molar-refractivity contribution in [2.75, 3.05) is 18.7 Å². The highest BCUT2D eigenvalue weighted by atomic mass is 32.2. The first-order valence-electron chi connectivity index (χ1n) is 7.41. The summed E-state index contributed by atoms with van der Waals surface area (Å²) in [5, 5.41) is 0. The quantitative estimate of drug-likeness (QED) is 0.794. The van der Waals surface area contributed by atoms with E-state index in [4.69, 9.17) is 0 Å². The molecule has 1 aromatic heterocycles. The van der Waals surface area contributed by atoms with Gasteiger partial charge in [0.1, 0.15) is 22.0 Å². The number of fused-ring (bicyclic) bond motifs is 1. The Hall–Kier alpha value is -1.23. The SMILES string of the molecule is CC(C)N(C)C(=O)C1CSCN1S(=O)(=O)c1cccc2nsnc12. The van der Waals surface area contributed by atoms with Crippen LogP contribution >= 0.6 is 23.5 Å². The largest absolute Gasteiger partial charge is 0.342 e. The second kappa shape index (κ2) is 6.58. The van der Waals surface area contributed by atoms with Gasteiger partial charge in [0.25, 0.3) is 0 Å². The average molecular weight is 387 g/mol. The molecule has 10 heteroatoms. The van der Waals surface area contributed by atoms with E-state index >= 15 is 0 Å². The summed E-state index contributed by atoms with van der Waals surface area (Å²) >= 11 is 2.42. The van der Waals surface area contributed by atoms with Gasteiger partial charge < -0.3 is 4.90 Å². The molecule has 0 radical (unpaired) electrons. The molecule has 0 bridgehead atoms. The number of aromatic nitrogens is 2. The standard InChI is InChI=1S/C14H18N4O3S3/c1-9(2)17(3)14(19)11-7-22-8-18(11)24(20,21)12-6-4-5-10-13(12)16-23-15-10/h4-6,9,11H,7-8H2,1-3H3. The summed E-state index contributed by atoms with van der Waals surface area (Å²) < 4.78 is 35.8. The lowest BCUT2D eigenvalue weighted by atomic mass is 10.2. The first-order valence-corrected chi connectivity index (χ1v) is 10.7. The fourth-order valence-electron chi connectivity index (χ4n) is 2.46. The Morgan fingerprint density at radius 3 is 2.83 bits per heavy atom. The van der Waals surface area contributed by atoms with Gasteiger partial charge in [-0.25, -0.2) is 8.42 Å². The van der Waals surface area contributed by atoms with Crippen LogP contribution < -0.4 is 0 Å². The molecule has 1 unspecified atom stereocenters. The number of thioether (sulfide) groups is 1. The third kappa shape index (κ3) is 2.92. The van der Waals surface area contributed by atoms with Gasteiger partial charge in [0.15, 0.2) is 0 Å². The van der Waals surface area contributed by atoms with Gasteiger partial charge in [-0.3, -0.25) is 4.79 Å². The Balaban J connectivity index is 2.00. The smallest absolute Gasteiger partial charge is 0.246 e. The number of nitrogens with zero attached hydrogens (tertiary/aromatic N) is 4. The van der Waals surface area contributed by atoms with Crippen LogP contribution in [0.5, 0.6) is 0 Å². The van der Waals surface area contributed by atoms with Crippen LogP contribution in [-0.4, -0.2) is 63.0 Å². The molecule has 1 aliphatic rings. The number of rotatable bonds is 4. The van der Waals surface area contributed by atoms with E-state index in [0.29, 0.717) is 16.8 Å².